The van der Waals surface area contributed by atoms with Gasteiger partial charge in [0.1, 0.15) is 0 Å². The zero-order valence-electron chi connectivity index (χ0n) is 11.9. The van der Waals surface area contributed by atoms with Crippen LogP contribution in [0.4, 0.5) is 0 Å². The lowest BCUT2D eigenvalue weighted by molar-refractivity contribution is -0.134. The van der Waals surface area contributed by atoms with Crippen molar-refractivity contribution in [3.63, 3.8) is 0 Å². The standard InChI is InChI=1S/C16H24N2O/c1-12(2)18(11-13-8-9-13)16(19)15(10-17)14-6-4-3-5-7-14/h3-7,12-13,15H,8-11,17H2,1-2H3. The van der Waals surface area contributed by atoms with Crippen LogP contribution in [0.1, 0.15) is 38.2 Å². The molecule has 0 spiro atoms. The number of hydrogen-bond donors (Lipinski definition) is 1. The lowest BCUT2D eigenvalue weighted by Crippen LogP contribution is -2.43. The highest BCUT2D eigenvalue weighted by atomic mass is 16.2. The summed E-state index contributed by atoms with van der Waals surface area (Å²) >= 11 is 0. The minimum Gasteiger partial charge on any atom is -0.339 e. The average molecular weight is 260 g/mol. The molecular formula is C16H24N2O. The first-order chi connectivity index (χ1) is 9.13. The Morgan fingerprint density at radius 2 is 1.95 bits per heavy atom. The summed E-state index contributed by atoms with van der Waals surface area (Å²) in [5.74, 6) is 0.679. The minimum atomic E-state index is -0.206. The molecule has 1 aliphatic rings. The van der Waals surface area contributed by atoms with E-state index in [0.29, 0.717) is 12.5 Å². The highest BCUT2D eigenvalue weighted by Crippen LogP contribution is 2.31. The van der Waals surface area contributed by atoms with Crippen LogP contribution in [0.5, 0.6) is 0 Å². The lowest BCUT2D eigenvalue weighted by Gasteiger charge is -2.30. The predicted octanol–water partition coefficient (Wildman–Crippen LogP) is 2.38. The van der Waals surface area contributed by atoms with Crippen molar-refractivity contribution in [2.45, 2.75) is 38.6 Å². The second-order valence-corrected chi connectivity index (χ2v) is 5.73. The summed E-state index contributed by atoms with van der Waals surface area (Å²) in [5, 5.41) is 0. The summed E-state index contributed by atoms with van der Waals surface area (Å²) in [6.45, 7) is 5.42. The van der Waals surface area contributed by atoms with Crippen molar-refractivity contribution in [3.05, 3.63) is 35.9 Å². The molecule has 0 aromatic heterocycles. The first-order valence-electron chi connectivity index (χ1n) is 7.19. The zero-order valence-corrected chi connectivity index (χ0v) is 11.9. The molecule has 104 valence electrons. The van der Waals surface area contributed by atoms with Crippen LogP contribution in [-0.4, -0.2) is 29.9 Å². The molecule has 0 heterocycles. The molecule has 0 radical (unpaired) electrons. The van der Waals surface area contributed by atoms with E-state index < -0.39 is 0 Å². The van der Waals surface area contributed by atoms with E-state index >= 15 is 0 Å². The molecule has 1 atom stereocenters. The van der Waals surface area contributed by atoms with Crippen LogP contribution in [0, 0.1) is 5.92 Å². The van der Waals surface area contributed by atoms with Crippen LogP contribution in [0.3, 0.4) is 0 Å². The molecule has 0 aliphatic heterocycles. The number of rotatable bonds is 6. The smallest absolute Gasteiger partial charge is 0.231 e. The lowest BCUT2D eigenvalue weighted by atomic mass is 9.97. The van der Waals surface area contributed by atoms with E-state index in [1.807, 2.05) is 35.2 Å². The molecule has 0 saturated heterocycles. The highest BCUT2D eigenvalue weighted by Gasteiger charge is 2.31. The zero-order chi connectivity index (χ0) is 13.8. The number of amides is 1. The van der Waals surface area contributed by atoms with Crippen LogP contribution in [-0.2, 0) is 4.79 Å². The average Bonchev–Trinajstić information content (AvgIpc) is 3.21. The molecule has 1 fully saturated rings. The van der Waals surface area contributed by atoms with Gasteiger partial charge in [0.05, 0.1) is 5.92 Å². The molecule has 2 rings (SSSR count). The summed E-state index contributed by atoms with van der Waals surface area (Å²) in [5.41, 5.74) is 6.87. The summed E-state index contributed by atoms with van der Waals surface area (Å²) in [6.07, 6.45) is 2.52. The van der Waals surface area contributed by atoms with Gasteiger partial charge in [-0.05, 0) is 38.2 Å². The number of nitrogens with zero attached hydrogens (tertiary/aromatic N) is 1. The van der Waals surface area contributed by atoms with Gasteiger partial charge in [-0.2, -0.15) is 0 Å². The molecule has 1 aliphatic carbocycles. The Balaban J connectivity index is 2.13. The van der Waals surface area contributed by atoms with Gasteiger partial charge in [-0.25, -0.2) is 0 Å². The normalized spacial score (nSPS) is 16.4. The third-order valence-electron chi connectivity index (χ3n) is 3.79. The van der Waals surface area contributed by atoms with E-state index in [2.05, 4.69) is 13.8 Å². The van der Waals surface area contributed by atoms with Gasteiger partial charge in [-0.15, -0.1) is 0 Å². The van der Waals surface area contributed by atoms with E-state index in [4.69, 9.17) is 5.73 Å². The fourth-order valence-electron chi connectivity index (χ4n) is 2.40. The van der Waals surface area contributed by atoms with Gasteiger partial charge in [-0.1, -0.05) is 30.3 Å². The van der Waals surface area contributed by atoms with Crippen LogP contribution in [0.25, 0.3) is 0 Å². The van der Waals surface area contributed by atoms with E-state index in [-0.39, 0.29) is 17.9 Å². The topological polar surface area (TPSA) is 46.3 Å². The molecule has 0 bridgehead atoms. The number of nitrogens with two attached hydrogens (primary N) is 1. The maximum atomic E-state index is 12.7. The number of carbonyl (C=O) groups is 1. The maximum absolute atomic E-state index is 12.7. The Kier molecular flexibility index (Phi) is 4.59. The van der Waals surface area contributed by atoms with Crippen molar-refractivity contribution in [1.82, 2.24) is 4.90 Å². The largest absolute Gasteiger partial charge is 0.339 e. The molecule has 1 aromatic rings. The van der Waals surface area contributed by atoms with Crippen LogP contribution in [0.2, 0.25) is 0 Å². The van der Waals surface area contributed by atoms with E-state index in [0.717, 1.165) is 12.1 Å². The van der Waals surface area contributed by atoms with Gasteiger partial charge in [0.25, 0.3) is 0 Å². The molecule has 1 unspecified atom stereocenters. The Hall–Kier alpha value is -1.35. The predicted molar refractivity (Wildman–Crippen MR) is 77.8 cm³/mol. The fourth-order valence-corrected chi connectivity index (χ4v) is 2.40. The Morgan fingerprint density at radius 1 is 1.32 bits per heavy atom. The molecule has 3 heteroatoms. The first kappa shape index (κ1) is 14.1. The first-order valence-corrected chi connectivity index (χ1v) is 7.19. The number of benzene rings is 1. The summed E-state index contributed by atoms with van der Waals surface area (Å²) in [6, 6.07) is 10.1. The SMILES string of the molecule is CC(C)N(CC1CC1)C(=O)C(CN)c1ccccc1. The monoisotopic (exact) mass is 260 g/mol. The summed E-state index contributed by atoms with van der Waals surface area (Å²) < 4.78 is 0. The second kappa shape index (κ2) is 6.20. The second-order valence-electron chi connectivity index (χ2n) is 5.73. The van der Waals surface area contributed by atoms with Crippen molar-refractivity contribution in [2.75, 3.05) is 13.1 Å². The third kappa shape index (κ3) is 3.57. The highest BCUT2D eigenvalue weighted by molar-refractivity contribution is 5.84. The van der Waals surface area contributed by atoms with Crippen LogP contribution >= 0.6 is 0 Å². The molecule has 2 N–H and O–H groups in total. The molecular weight excluding hydrogens is 236 g/mol. The minimum absolute atomic E-state index is 0.176. The van der Waals surface area contributed by atoms with Gasteiger partial charge in [0, 0.05) is 19.1 Å². The van der Waals surface area contributed by atoms with Gasteiger partial charge in [0.2, 0.25) is 5.91 Å². The Morgan fingerprint density at radius 3 is 2.42 bits per heavy atom. The van der Waals surface area contributed by atoms with Crippen molar-refractivity contribution in [3.8, 4) is 0 Å². The van der Waals surface area contributed by atoms with Gasteiger partial charge >= 0.3 is 0 Å². The van der Waals surface area contributed by atoms with E-state index in [1.54, 1.807) is 0 Å². The molecule has 3 nitrogen and oxygen atoms in total. The van der Waals surface area contributed by atoms with Crippen molar-refractivity contribution < 1.29 is 4.79 Å². The number of carbonyl (C=O) groups excluding carboxylic acids is 1. The summed E-state index contributed by atoms with van der Waals surface area (Å²) in [7, 11) is 0. The van der Waals surface area contributed by atoms with Crippen molar-refractivity contribution >= 4 is 5.91 Å². The molecule has 1 aromatic carbocycles. The Labute approximate surface area is 115 Å². The number of hydrogen-bond acceptors (Lipinski definition) is 2. The Bertz CT molecular complexity index is 412. The van der Waals surface area contributed by atoms with Gasteiger partial charge < -0.3 is 10.6 Å². The fraction of sp³-hybridized carbons (Fsp3) is 0.562. The van der Waals surface area contributed by atoms with E-state index in [1.165, 1.54) is 12.8 Å². The van der Waals surface area contributed by atoms with Gasteiger partial charge in [0.15, 0.2) is 0 Å². The van der Waals surface area contributed by atoms with Gasteiger partial charge in [-0.3, -0.25) is 4.79 Å². The molecule has 1 saturated carbocycles. The molecule has 1 amide bonds. The molecule has 19 heavy (non-hydrogen) atoms. The van der Waals surface area contributed by atoms with Crippen molar-refractivity contribution in [1.29, 1.82) is 0 Å². The van der Waals surface area contributed by atoms with Crippen molar-refractivity contribution in [2.24, 2.45) is 11.7 Å². The van der Waals surface area contributed by atoms with Crippen LogP contribution in [0.15, 0.2) is 30.3 Å². The van der Waals surface area contributed by atoms with Crippen LogP contribution < -0.4 is 5.73 Å². The third-order valence-corrected chi connectivity index (χ3v) is 3.79. The van der Waals surface area contributed by atoms with E-state index in [9.17, 15) is 4.79 Å². The maximum Gasteiger partial charge on any atom is 0.231 e. The quantitative estimate of drug-likeness (QED) is 0.853. The summed E-state index contributed by atoms with van der Waals surface area (Å²) in [4.78, 5) is 14.7.